The first-order valence-corrected chi connectivity index (χ1v) is 4.06. The molecule has 2 aromatic heterocycles. The van der Waals surface area contributed by atoms with Gasteiger partial charge in [0.05, 0.1) is 11.1 Å². The number of nitrogens with zero attached hydrogens (tertiary/aromatic N) is 4. The standard InChI is InChI=1S/C8H6N4O3/c13-11-6-7(12(14)15)2-3-8(11)10-5-1-4-9-10/h1-6H. The van der Waals surface area contributed by atoms with E-state index in [1.807, 2.05) is 0 Å². The minimum absolute atomic E-state index is 0.214. The lowest BCUT2D eigenvalue weighted by atomic mass is 10.4. The predicted octanol–water partition coefficient (Wildman–Crippen LogP) is 0.414. The first-order valence-electron chi connectivity index (χ1n) is 4.06. The molecule has 7 heteroatoms. The Morgan fingerprint density at radius 1 is 1.47 bits per heavy atom. The third kappa shape index (κ3) is 1.62. The van der Waals surface area contributed by atoms with Crippen molar-refractivity contribution in [2.75, 3.05) is 0 Å². The lowest BCUT2D eigenvalue weighted by Gasteiger charge is -2.05. The van der Waals surface area contributed by atoms with Gasteiger partial charge in [-0.15, -0.1) is 4.68 Å². The van der Waals surface area contributed by atoms with Gasteiger partial charge in [-0.3, -0.25) is 10.1 Å². The van der Waals surface area contributed by atoms with E-state index in [-0.39, 0.29) is 11.5 Å². The first kappa shape index (κ1) is 9.13. The van der Waals surface area contributed by atoms with E-state index in [2.05, 4.69) is 5.10 Å². The van der Waals surface area contributed by atoms with Gasteiger partial charge in [0.2, 0.25) is 0 Å². The van der Waals surface area contributed by atoms with Gasteiger partial charge in [0, 0.05) is 18.2 Å². The van der Waals surface area contributed by atoms with Gasteiger partial charge in [0.15, 0.2) is 6.20 Å². The van der Waals surface area contributed by atoms with Crippen LogP contribution in [0.15, 0.2) is 36.8 Å². The van der Waals surface area contributed by atoms with E-state index >= 15 is 0 Å². The molecular weight excluding hydrogens is 200 g/mol. The maximum absolute atomic E-state index is 11.4. The van der Waals surface area contributed by atoms with Gasteiger partial charge in [0.1, 0.15) is 6.20 Å². The molecule has 0 unspecified atom stereocenters. The van der Waals surface area contributed by atoms with E-state index in [1.165, 1.54) is 23.0 Å². The normalized spacial score (nSPS) is 10.1. The van der Waals surface area contributed by atoms with Crippen molar-refractivity contribution >= 4 is 5.69 Å². The first-order chi connectivity index (χ1) is 7.18. The van der Waals surface area contributed by atoms with Gasteiger partial charge in [-0.25, -0.2) is 4.73 Å². The summed E-state index contributed by atoms with van der Waals surface area (Å²) in [5.41, 5.74) is -0.249. The second-order valence-corrected chi connectivity index (χ2v) is 2.78. The fourth-order valence-corrected chi connectivity index (χ4v) is 1.15. The second kappa shape index (κ2) is 3.37. The summed E-state index contributed by atoms with van der Waals surface area (Å²) < 4.78 is 1.74. The minimum atomic E-state index is -0.624. The Labute approximate surface area is 83.9 Å². The van der Waals surface area contributed by atoms with Gasteiger partial charge in [-0.05, 0) is 0 Å². The van der Waals surface area contributed by atoms with Crippen molar-refractivity contribution in [1.82, 2.24) is 9.78 Å². The van der Waals surface area contributed by atoms with Crippen LogP contribution in [0.2, 0.25) is 0 Å². The lowest BCUT2D eigenvalue weighted by molar-refractivity contribution is -0.604. The molecule has 76 valence electrons. The Balaban J connectivity index is 2.48. The summed E-state index contributed by atoms with van der Waals surface area (Å²) in [5.74, 6) is 0.214. The Kier molecular flexibility index (Phi) is 2.05. The van der Waals surface area contributed by atoms with Crippen molar-refractivity contribution in [2.24, 2.45) is 0 Å². The molecule has 0 N–H and O–H groups in total. The second-order valence-electron chi connectivity index (χ2n) is 2.78. The highest BCUT2D eigenvalue weighted by Crippen LogP contribution is 2.09. The largest absolute Gasteiger partial charge is 0.710 e. The van der Waals surface area contributed by atoms with Gasteiger partial charge in [0.25, 0.3) is 0 Å². The molecular formula is C8H6N4O3. The maximum Gasteiger partial charge on any atom is 0.310 e. The van der Waals surface area contributed by atoms with Crippen LogP contribution >= 0.6 is 0 Å². The van der Waals surface area contributed by atoms with Gasteiger partial charge in [-0.1, -0.05) is 5.10 Å². The molecule has 2 aromatic rings. The number of pyridine rings is 1. The highest BCUT2D eigenvalue weighted by molar-refractivity contribution is 5.28. The summed E-state index contributed by atoms with van der Waals surface area (Å²) in [5, 5.41) is 25.6. The topological polar surface area (TPSA) is 87.9 Å². The molecule has 2 heterocycles. The average molecular weight is 206 g/mol. The Morgan fingerprint density at radius 2 is 2.27 bits per heavy atom. The van der Waals surface area contributed by atoms with Crippen LogP contribution < -0.4 is 4.73 Å². The van der Waals surface area contributed by atoms with E-state index in [1.54, 1.807) is 12.3 Å². The van der Waals surface area contributed by atoms with E-state index in [0.717, 1.165) is 6.20 Å². The molecule has 0 bridgehead atoms. The Morgan fingerprint density at radius 3 is 2.80 bits per heavy atom. The number of rotatable bonds is 2. The van der Waals surface area contributed by atoms with E-state index in [9.17, 15) is 15.3 Å². The fourth-order valence-electron chi connectivity index (χ4n) is 1.15. The van der Waals surface area contributed by atoms with Crippen LogP contribution in [0.1, 0.15) is 0 Å². The van der Waals surface area contributed by atoms with Gasteiger partial charge in [-0.2, -0.15) is 0 Å². The fraction of sp³-hybridized carbons (Fsp3) is 0. The molecule has 0 aromatic carbocycles. The van der Waals surface area contributed by atoms with E-state index < -0.39 is 4.92 Å². The van der Waals surface area contributed by atoms with E-state index in [0.29, 0.717) is 4.73 Å². The van der Waals surface area contributed by atoms with E-state index in [4.69, 9.17) is 0 Å². The zero-order valence-corrected chi connectivity index (χ0v) is 7.48. The number of hydrogen-bond donors (Lipinski definition) is 0. The molecule has 0 spiro atoms. The van der Waals surface area contributed by atoms with Crippen molar-refractivity contribution in [3.05, 3.63) is 52.1 Å². The third-order valence-electron chi connectivity index (χ3n) is 1.83. The average Bonchev–Trinajstić information content (AvgIpc) is 2.70. The summed E-state index contributed by atoms with van der Waals surface area (Å²) in [4.78, 5) is 9.76. The molecule has 0 aliphatic rings. The number of hydrogen-bond acceptors (Lipinski definition) is 4. The molecule has 0 aliphatic carbocycles. The summed E-state index contributed by atoms with van der Waals surface area (Å²) in [6.07, 6.45) is 3.99. The summed E-state index contributed by atoms with van der Waals surface area (Å²) in [7, 11) is 0. The van der Waals surface area contributed by atoms with Gasteiger partial charge >= 0.3 is 11.5 Å². The number of nitro groups is 1. The van der Waals surface area contributed by atoms with Gasteiger partial charge < -0.3 is 5.21 Å². The monoisotopic (exact) mass is 206 g/mol. The van der Waals surface area contributed by atoms with Crippen molar-refractivity contribution in [3.63, 3.8) is 0 Å². The van der Waals surface area contributed by atoms with Crippen LogP contribution in [0, 0.1) is 15.3 Å². The zero-order chi connectivity index (χ0) is 10.8. The quantitative estimate of drug-likeness (QED) is 0.308. The maximum atomic E-state index is 11.4. The molecule has 2 rings (SSSR count). The highest BCUT2D eigenvalue weighted by atomic mass is 16.6. The van der Waals surface area contributed by atoms with Crippen LogP contribution in [0.25, 0.3) is 5.82 Å². The van der Waals surface area contributed by atoms with Crippen molar-refractivity contribution in [1.29, 1.82) is 0 Å². The van der Waals surface area contributed by atoms with Crippen molar-refractivity contribution in [3.8, 4) is 5.82 Å². The minimum Gasteiger partial charge on any atom is -0.710 e. The Hall–Kier alpha value is -2.44. The number of aromatic nitrogens is 3. The summed E-state index contributed by atoms with van der Waals surface area (Å²) in [6, 6.07) is 4.25. The Bertz CT molecular complexity index is 495. The van der Waals surface area contributed by atoms with Crippen molar-refractivity contribution in [2.45, 2.75) is 0 Å². The molecule has 0 saturated heterocycles. The van der Waals surface area contributed by atoms with Crippen LogP contribution in [-0.4, -0.2) is 14.7 Å². The summed E-state index contributed by atoms with van der Waals surface area (Å²) >= 11 is 0. The molecule has 7 nitrogen and oxygen atoms in total. The molecule has 0 atom stereocenters. The van der Waals surface area contributed by atoms with Crippen LogP contribution in [0.4, 0.5) is 5.69 Å². The molecule has 0 saturated carbocycles. The lowest BCUT2D eigenvalue weighted by Crippen LogP contribution is -2.32. The molecule has 15 heavy (non-hydrogen) atoms. The highest BCUT2D eigenvalue weighted by Gasteiger charge is 2.13. The van der Waals surface area contributed by atoms with Crippen LogP contribution in [0.5, 0.6) is 0 Å². The molecule has 0 fully saturated rings. The third-order valence-corrected chi connectivity index (χ3v) is 1.83. The summed E-state index contributed by atoms with van der Waals surface area (Å²) in [6.45, 7) is 0. The SMILES string of the molecule is O=[N+]([O-])c1ccc(-n2cccn2)[n+]([O-])c1. The van der Waals surface area contributed by atoms with Crippen LogP contribution in [0.3, 0.4) is 0 Å². The molecule has 0 aliphatic heterocycles. The molecule has 0 amide bonds. The molecule has 0 radical (unpaired) electrons. The predicted molar refractivity (Wildman–Crippen MR) is 49.2 cm³/mol. The smallest absolute Gasteiger partial charge is 0.310 e. The van der Waals surface area contributed by atoms with Crippen LogP contribution in [-0.2, 0) is 0 Å². The zero-order valence-electron chi connectivity index (χ0n) is 7.48. The van der Waals surface area contributed by atoms with Crippen molar-refractivity contribution < 1.29 is 9.65 Å².